The molecule has 0 atom stereocenters. The average Bonchev–Trinajstić information content (AvgIpc) is 3.06. The number of benzene rings is 2. The summed E-state index contributed by atoms with van der Waals surface area (Å²) >= 11 is 0. The molecule has 0 fully saturated rings. The standard InChI is InChI=1S/C18H11F7N2O3S/c1-7-4-8(2-3-10(7)18(23,24)25)15-14(16(17(21)22)30-27-15)9-5-12(20)13(6-11(9)19)31(26,28)29/h2-6,17H,1H3,(H2,26,28,29). The van der Waals surface area contributed by atoms with E-state index < -0.39 is 67.3 Å². The Bertz CT molecular complexity index is 1270. The number of aryl methyl sites for hydroxylation is 1. The number of hydrogen-bond acceptors (Lipinski definition) is 4. The number of rotatable bonds is 4. The Hall–Kier alpha value is -2.93. The van der Waals surface area contributed by atoms with Crippen LogP contribution in [0.15, 0.2) is 39.8 Å². The second-order valence-corrected chi connectivity index (χ2v) is 7.94. The van der Waals surface area contributed by atoms with Crippen LogP contribution in [0.1, 0.15) is 23.3 Å². The van der Waals surface area contributed by atoms with Crippen LogP contribution in [0.4, 0.5) is 30.7 Å². The number of hydrogen-bond donors (Lipinski definition) is 1. The van der Waals surface area contributed by atoms with Gasteiger partial charge >= 0.3 is 6.18 Å². The highest BCUT2D eigenvalue weighted by Gasteiger charge is 2.33. The summed E-state index contributed by atoms with van der Waals surface area (Å²) in [5, 5.41) is 8.17. The van der Waals surface area contributed by atoms with E-state index >= 15 is 0 Å². The fourth-order valence-electron chi connectivity index (χ4n) is 2.98. The van der Waals surface area contributed by atoms with Gasteiger partial charge in [0.05, 0.1) is 11.1 Å². The lowest BCUT2D eigenvalue weighted by Crippen LogP contribution is -2.14. The average molecular weight is 468 g/mol. The molecule has 0 aliphatic rings. The van der Waals surface area contributed by atoms with Crippen LogP contribution in [-0.4, -0.2) is 13.6 Å². The van der Waals surface area contributed by atoms with Crippen molar-refractivity contribution < 1.29 is 43.7 Å². The van der Waals surface area contributed by atoms with Crippen LogP contribution in [0.25, 0.3) is 22.4 Å². The normalized spacial score (nSPS) is 12.6. The van der Waals surface area contributed by atoms with Crippen LogP contribution < -0.4 is 5.14 Å². The van der Waals surface area contributed by atoms with Crippen LogP contribution >= 0.6 is 0 Å². The molecule has 5 nitrogen and oxygen atoms in total. The SMILES string of the molecule is Cc1cc(-c2noc(C(F)F)c2-c2cc(F)c(S(N)(=O)=O)cc2F)ccc1C(F)(F)F. The van der Waals surface area contributed by atoms with Crippen molar-refractivity contribution in [3.05, 3.63) is 58.9 Å². The van der Waals surface area contributed by atoms with Crippen LogP contribution in [0, 0.1) is 18.6 Å². The highest BCUT2D eigenvalue weighted by Crippen LogP contribution is 2.42. The van der Waals surface area contributed by atoms with Gasteiger partial charge in [0.1, 0.15) is 22.2 Å². The summed E-state index contributed by atoms with van der Waals surface area (Å²) in [6.07, 6.45) is -8.03. The van der Waals surface area contributed by atoms with Crippen molar-refractivity contribution in [1.29, 1.82) is 0 Å². The summed E-state index contributed by atoms with van der Waals surface area (Å²) in [5.74, 6) is -4.16. The first-order valence-electron chi connectivity index (χ1n) is 8.20. The highest BCUT2D eigenvalue weighted by molar-refractivity contribution is 7.89. The molecule has 1 heterocycles. The number of primary sulfonamides is 1. The molecule has 3 rings (SSSR count). The predicted octanol–water partition coefficient (Wildman–Crippen LogP) is 5.20. The molecule has 0 bridgehead atoms. The molecule has 1 aromatic heterocycles. The summed E-state index contributed by atoms with van der Waals surface area (Å²) < 4.78 is 122. The summed E-state index contributed by atoms with van der Waals surface area (Å²) in [7, 11) is -4.66. The van der Waals surface area contributed by atoms with Crippen LogP contribution in [0.3, 0.4) is 0 Å². The van der Waals surface area contributed by atoms with E-state index in [4.69, 9.17) is 5.14 Å². The molecule has 0 unspecified atom stereocenters. The molecule has 31 heavy (non-hydrogen) atoms. The maximum absolute atomic E-state index is 14.6. The summed E-state index contributed by atoms with van der Waals surface area (Å²) in [6.45, 7) is 1.11. The van der Waals surface area contributed by atoms with E-state index in [1.165, 1.54) is 0 Å². The molecule has 0 amide bonds. The van der Waals surface area contributed by atoms with Crippen LogP contribution in [-0.2, 0) is 16.2 Å². The van der Waals surface area contributed by atoms with E-state index in [-0.39, 0.29) is 17.2 Å². The third-order valence-electron chi connectivity index (χ3n) is 4.32. The lowest BCUT2D eigenvalue weighted by molar-refractivity contribution is -0.138. The lowest BCUT2D eigenvalue weighted by atomic mass is 9.96. The lowest BCUT2D eigenvalue weighted by Gasteiger charge is -2.12. The van der Waals surface area contributed by atoms with E-state index in [2.05, 4.69) is 9.68 Å². The molecule has 0 aliphatic heterocycles. The van der Waals surface area contributed by atoms with Gasteiger partial charge in [-0.25, -0.2) is 31.1 Å². The number of sulfonamides is 1. The number of aromatic nitrogens is 1. The monoisotopic (exact) mass is 468 g/mol. The largest absolute Gasteiger partial charge is 0.416 e. The predicted molar refractivity (Wildman–Crippen MR) is 93.4 cm³/mol. The Morgan fingerprint density at radius 2 is 1.71 bits per heavy atom. The number of nitrogens with two attached hydrogens (primary N) is 1. The van der Waals surface area contributed by atoms with Crippen molar-refractivity contribution in [1.82, 2.24) is 5.16 Å². The fraction of sp³-hybridized carbons (Fsp3) is 0.167. The number of alkyl halides is 5. The zero-order valence-corrected chi connectivity index (χ0v) is 16.1. The van der Waals surface area contributed by atoms with Gasteiger partial charge in [-0.2, -0.15) is 13.2 Å². The molecular weight excluding hydrogens is 457 g/mol. The van der Waals surface area contributed by atoms with Crippen molar-refractivity contribution >= 4 is 10.0 Å². The van der Waals surface area contributed by atoms with Crippen LogP contribution in [0.5, 0.6) is 0 Å². The van der Waals surface area contributed by atoms with Gasteiger partial charge in [-0.1, -0.05) is 11.2 Å². The highest BCUT2D eigenvalue weighted by atomic mass is 32.2. The minimum Gasteiger partial charge on any atom is -0.354 e. The quantitative estimate of drug-likeness (QED) is 0.534. The van der Waals surface area contributed by atoms with Gasteiger partial charge in [-0.05, 0) is 36.8 Å². The fourth-order valence-corrected chi connectivity index (χ4v) is 3.57. The van der Waals surface area contributed by atoms with Crippen molar-refractivity contribution in [2.45, 2.75) is 24.4 Å². The maximum atomic E-state index is 14.6. The molecule has 13 heteroatoms. The smallest absolute Gasteiger partial charge is 0.354 e. The summed E-state index contributed by atoms with van der Waals surface area (Å²) in [5.41, 5.74) is -3.50. The molecule has 2 aromatic carbocycles. The number of halogens is 7. The molecule has 0 radical (unpaired) electrons. The van der Waals surface area contributed by atoms with Gasteiger partial charge in [-0.15, -0.1) is 0 Å². The van der Waals surface area contributed by atoms with Crippen molar-refractivity contribution in [2.75, 3.05) is 0 Å². The third kappa shape index (κ3) is 4.28. The van der Waals surface area contributed by atoms with Crippen molar-refractivity contribution in [3.8, 4) is 22.4 Å². The molecular formula is C18H11F7N2O3S. The first-order chi connectivity index (χ1) is 14.2. The minimum atomic E-state index is -4.68. The van der Waals surface area contributed by atoms with E-state index in [9.17, 15) is 39.2 Å². The minimum absolute atomic E-state index is 0.147. The van der Waals surface area contributed by atoms with Gasteiger partial charge < -0.3 is 4.52 Å². The molecule has 2 N–H and O–H groups in total. The van der Waals surface area contributed by atoms with Crippen molar-refractivity contribution in [3.63, 3.8) is 0 Å². The Balaban J connectivity index is 2.28. The second-order valence-electron chi connectivity index (χ2n) is 6.41. The van der Waals surface area contributed by atoms with E-state index in [1.807, 2.05) is 0 Å². The van der Waals surface area contributed by atoms with E-state index in [1.54, 1.807) is 0 Å². The third-order valence-corrected chi connectivity index (χ3v) is 5.25. The Kier molecular flexibility index (Phi) is 5.61. The molecule has 0 spiro atoms. The Morgan fingerprint density at radius 3 is 2.23 bits per heavy atom. The van der Waals surface area contributed by atoms with E-state index in [0.29, 0.717) is 12.1 Å². The first kappa shape index (κ1) is 22.7. The maximum Gasteiger partial charge on any atom is 0.416 e. The molecule has 166 valence electrons. The van der Waals surface area contributed by atoms with Gasteiger partial charge in [0, 0.05) is 11.1 Å². The van der Waals surface area contributed by atoms with Crippen molar-refractivity contribution in [2.24, 2.45) is 5.14 Å². The molecule has 0 aliphatic carbocycles. The zero-order valence-electron chi connectivity index (χ0n) is 15.3. The van der Waals surface area contributed by atoms with Gasteiger partial charge in [0.15, 0.2) is 0 Å². The molecule has 0 saturated heterocycles. The summed E-state index contributed by atoms with van der Waals surface area (Å²) in [4.78, 5) is -1.21. The van der Waals surface area contributed by atoms with Gasteiger partial charge in [0.2, 0.25) is 15.8 Å². The second kappa shape index (κ2) is 7.64. The van der Waals surface area contributed by atoms with Gasteiger partial charge in [-0.3, -0.25) is 0 Å². The topological polar surface area (TPSA) is 86.2 Å². The van der Waals surface area contributed by atoms with E-state index in [0.717, 1.165) is 19.1 Å². The number of nitrogens with zero attached hydrogens (tertiary/aromatic N) is 1. The van der Waals surface area contributed by atoms with Crippen LogP contribution in [0.2, 0.25) is 0 Å². The Labute approximate surface area is 170 Å². The first-order valence-corrected chi connectivity index (χ1v) is 9.74. The summed E-state index contributed by atoms with van der Waals surface area (Å²) in [6, 6.07) is 3.05. The Morgan fingerprint density at radius 1 is 1.06 bits per heavy atom. The zero-order chi connectivity index (χ0) is 23.3. The van der Waals surface area contributed by atoms with Gasteiger partial charge in [0.25, 0.3) is 6.43 Å². The molecule has 3 aromatic rings. The molecule has 0 saturated carbocycles.